The first-order valence-electron chi connectivity index (χ1n) is 6.10. The molecule has 0 fully saturated rings. The monoisotopic (exact) mass is 337 g/mol. The summed E-state index contributed by atoms with van der Waals surface area (Å²) >= 11 is 4.95. The van der Waals surface area contributed by atoms with E-state index in [1.54, 1.807) is 11.3 Å². The quantitative estimate of drug-likeness (QED) is 0.869. The molecule has 0 saturated carbocycles. The highest BCUT2D eigenvalue weighted by Gasteiger charge is 2.14. The van der Waals surface area contributed by atoms with Crippen LogP contribution in [0.1, 0.15) is 38.6 Å². The van der Waals surface area contributed by atoms with Crippen LogP contribution in [-0.2, 0) is 0 Å². The summed E-state index contributed by atoms with van der Waals surface area (Å²) in [5, 5.41) is 3.03. The van der Waals surface area contributed by atoms with Crippen LogP contribution in [0.2, 0.25) is 0 Å². The summed E-state index contributed by atoms with van der Waals surface area (Å²) in [7, 11) is 0. The molecule has 100 valence electrons. The van der Waals surface area contributed by atoms with Crippen molar-refractivity contribution >= 4 is 33.2 Å². The minimum atomic E-state index is -0.00313. The molecule has 0 bridgehead atoms. The van der Waals surface area contributed by atoms with E-state index in [0.29, 0.717) is 0 Å². The van der Waals surface area contributed by atoms with Crippen molar-refractivity contribution in [3.8, 4) is 0 Å². The molecule has 2 rings (SSSR count). The van der Waals surface area contributed by atoms with Gasteiger partial charge in [0.25, 0.3) is 5.91 Å². The third-order valence-electron chi connectivity index (χ3n) is 3.11. The summed E-state index contributed by atoms with van der Waals surface area (Å²) in [5.74, 6) is -0.00313. The summed E-state index contributed by atoms with van der Waals surface area (Å²) in [5.41, 5.74) is 2.27. The molecule has 0 aliphatic carbocycles. The second-order valence-electron chi connectivity index (χ2n) is 4.60. The maximum Gasteiger partial charge on any atom is 0.261 e. The summed E-state index contributed by atoms with van der Waals surface area (Å²) in [4.78, 5) is 14.1. The molecule has 19 heavy (non-hydrogen) atoms. The molecule has 1 aromatic carbocycles. The Morgan fingerprint density at radius 3 is 2.42 bits per heavy atom. The molecule has 1 amide bonds. The number of nitrogens with one attached hydrogen (secondary N) is 1. The van der Waals surface area contributed by atoms with Crippen LogP contribution >= 0.6 is 27.3 Å². The molecule has 4 heteroatoms. The van der Waals surface area contributed by atoms with Gasteiger partial charge in [0.15, 0.2) is 0 Å². The lowest BCUT2D eigenvalue weighted by Crippen LogP contribution is -2.25. The average Bonchev–Trinajstić information content (AvgIpc) is 2.70. The van der Waals surface area contributed by atoms with E-state index in [2.05, 4.69) is 21.2 Å². The zero-order valence-corrected chi connectivity index (χ0v) is 13.6. The van der Waals surface area contributed by atoms with Crippen molar-refractivity contribution in [1.82, 2.24) is 5.32 Å². The van der Waals surface area contributed by atoms with E-state index in [1.807, 2.05) is 51.1 Å². The first-order chi connectivity index (χ1) is 8.97. The summed E-state index contributed by atoms with van der Waals surface area (Å²) < 4.78 is 1.04. The van der Waals surface area contributed by atoms with E-state index < -0.39 is 0 Å². The highest BCUT2D eigenvalue weighted by molar-refractivity contribution is 9.10. The fourth-order valence-electron chi connectivity index (χ4n) is 1.79. The van der Waals surface area contributed by atoms with Crippen LogP contribution < -0.4 is 5.32 Å². The molecule has 0 unspecified atom stereocenters. The zero-order valence-electron chi connectivity index (χ0n) is 11.2. The van der Waals surface area contributed by atoms with Crippen LogP contribution in [0.5, 0.6) is 0 Å². The molecule has 0 aliphatic rings. The van der Waals surface area contributed by atoms with E-state index in [-0.39, 0.29) is 11.9 Å². The van der Waals surface area contributed by atoms with E-state index in [9.17, 15) is 4.79 Å². The zero-order chi connectivity index (χ0) is 14.0. The summed E-state index contributed by atoms with van der Waals surface area (Å²) in [6.07, 6.45) is 0. The molecule has 1 N–H and O–H groups in total. The van der Waals surface area contributed by atoms with E-state index in [4.69, 9.17) is 0 Å². The molecular weight excluding hydrogens is 322 g/mol. The number of amides is 1. The van der Waals surface area contributed by atoms with Gasteiger partial charge in [-0.25, -0.2) is 0 Å². The Labute approximate surface area is 126 Å². The predicted molar refractivity (Wildman–Crippen MR) is 83.8 cm³/mol. The fourth-order valence-corrected chi connectivity index (χ4v) is 2.99. The number of hydrogen-bond donors (Lipinski definition) is 1. The van der Waals surface area contributed by atoms with Gasteiger partial charge < -0.3 is 5.32 Å². The maximum absolute atomic E-state index is 12.2. The number of benzene rings is 1. The predicted octanol–water partition coefficient (Wildman–Crippen LogP) is 4.62. The van der Waals surface area contributed by atoms with Gasteiger partial charge in [-0.15, -0.1) is 11.3 Å². The number of thiophene rings is 1. The lowest BCUT2D eigenvalue weighted by Gasteiger charge is -2.13. The number of hydrogen-bond acceptors (Lipinski definition) is 2. The average molecular weight is 338 g/mol. The Hall–Kier alpha value is -1.13. The van der Waals surface area contributed by atoms with Crippen LogP contribution in [0, 0.1) is 13.8 Å². The minimum Gasteiger partial charge on any atom is -0.345 e. The standard InChI is InChI=1S/C15H16BrNOS/c1-9-8-14(19-11(9)3)15(18)17-10(2)12-4-6-13(16)7-5-12/h4-8,10H,1-3H3,(H,17,18)/t10-/m1/s1. The van der Waals surface area contributed by atoms with Crippen molar-refractivity contribution in [2.75, 3.05) is 0 Å². The second-order valence-corrected chi connectivity index (χ2v) is 6.77. The SMILES string of the molecule is Cc1cc(C(=O)N[C@H](C)c2ccc(Br)cc2)sc1C. The van der Waals surface area contributed by atoms with Gasteiger partial charge in [-0.2, -0.15) is 0 Å². The Bertz CT molecular complexity index is 569. The van der Waals surface area contributed by atoms with Crippen molar-refractivity contribution in [2.24, 2.45) is 0 Å². The number of halogens is 1. The first kappa shape index (κ1) is 14.3. The summed E-state index contributed by atoms with van der Waals surface area (Å²) in [6, 6.07) is 9.95. The molecule has 0 radical (unpaired) electrons. The van der Waals surface area contributed by atoms with Crippen molar-refractivity contribution in [3.05, 3.63) is 55.7 Å². The Kier molecular flexibility index (Phi) is 4.42. The second kappa shape index (κ2) is 5.88. The van der Waals surface area contributed by atoms with Crippen molar-refractivity contribution in [2.45, 2.75) is 26.8 Å². The third-order valence-corrected chi connectivity index (χ3v) is 4.79. The van der Waals surface area contributed by atoms with E-state index in [0.717, 1.165) is 14.9 Å². The van der Waals surface area contributed by atoms with Gasteiger partial charge in [0.05, 0.1) is 10.9 Å². The Balaban J connectivity index is 2.08. The normalized spacial score (nSPS) is 12.2. The largest absolute Gasteiger partial charge is 0.345 e. The number of carbonyl (C=O) groups excluding carboxylic acids is 1. The molecular formula is C15H16BrNOS. The van der Waals surface area contributed by atoms with Crippen LogP contribution in [-0.4, -0.2) is 5.91 Å². The molecule has 2 nitrogen and oxygen atoms in total. The molecule has 0 saturated heterocycles. The Morgan fingerprint density at radius 2 is 1.89 bits per heavy atom. The molecule has 1 heterocycles. The minimum absolute atomic E-state index is 0.00307. The van der Waals surface area contributed by atoms with Gasteiger partial charge in [0.2, 0.25) is 0 Å². The van der Waals surface area contributed by atoms with E-state index in [1.165, 1.54) is 10.4 Å². The molecule has 0 aliphatic heterocycles. The number of carbonyl (C=O) groups is 1. The van der Waals surface area contributed by atoms with Gasteiger partial charge in [0, 0.05) is 9.35 Å². The molecule has 2 aromatic rings. The lowest BCUT2D eigenvalue weighted by atomic mass is 10.1. The topological polar surface area (TPSA) is 29.1 Å². The van der Waals surface area contributed by atoms with Crippen LogP contribution in [0.15, 0.2) is 34.8 Å². The van der Waals surface area contributed by atoms with Gasteiger partial charge in [0.1, 0.15) is 0 Å². The van der Waals surface area contributed by atoms with Crippen LogP contribution in [0.3, 0.4) is 0 Å². The number of rotatable bonds is 3. The Morgan fingerprint density at radius 1 is 1.26 bits per heavy atom. The molecule has 1 atom stereocenters. The van der Waals surface area contributed by atoms with Gasteiger partial charge in [-0.1, -0.05) is 28.1 Å². The lowest BCUT2D eigenvalue weighted by molar-refractivity contribution is 0.0944. The fraction of sp³-hybridized carbons (Fsp3) is 0.267. The van der Waals surface area contributed by atoms with Crippen LogP contribution in [0.4, 0.5) is 0 Å². The van der Waals surface area contributed by atoms with E-state index >= 15 is 0 Å². The van der Waals surface area contributed by atoms with Crippen molar-refractivity contribution in [3.63, 3.8) is 0 Å². The van der Waals surface area contributed by atoms with Crippen molar-refractivity contribution < 1.29 is 4.79 Å². The molecule has 0 spiro atoms. The smallest absolute Gasteiger partial charge is 0.261 e. The summed E-state index contributed by atoms with van der Waals surface area (Å²) in [6.45, 7) is 6.06. The third kappa shape index (κ3) is 3.45. The van der Waals surface area contributed by atoms with Gasteiger partial charge in [-0.05, 0) is 50.1 Å². The van der Waals surface area contributed by atoms with Gasteiger partial charge in [-0.3, -0.25) is 4.79 Å². The maximum atomic E-state index is 12.2. The van der Waals surface area contributed by atoms with Gasteiger partial charge >= 0.3 is 0 Å². The van der Waals surface area contributed by atoms with Crippen LogP contribution in [0.25, 0.3) is 0 Å². The molecule has 1 aromatic heterocycles. The first-order valence-corrected chi connectivity index (χ1v) is 7.71. The highest BCUT2D eigenvalue weighted by atomic mass is 79.9. The number of aryl methyl sites for hydroxylation is 2. The highest BCUT2D eigenvalue weighted by Crippen LogP contribution is 2.22. The van der Waals surface area contributed by atoms with Crippen molar-refractivity contribution in [1.29, 1.82) is 0 Å².